The van der Waals surface area contributed by atoms with E-state index in [9.17, 15) is 8.78 Å². The van der Waals surface area contributed by atoms with Gasteiger partial charge in [-0.1, -0.05) is 30.3 Å². The molecule has 0 atom stereocenters. The molecule has 2 N–H and O–H groups in total. The standard InChI is InChI=1S/C25H31F2N5O/c1-32(2)23-20-8-4-5-9-21(20)30-25(31-23)29-19-13-11-17(12-14-19)15-28-16-18-7-3-6-10-22(18)33-24(26)27/h3-10,17,19,24,28H,11-16H2,1-2H3,(H,29,30,31). The molecule has 8 heteroatoms. The number of para-hydroxylation sites is 2. The SMILES string of the molecule is CN(C)c1nc(NC2CCC(CNCc3ccccc3OC(F)F)CC2)nc2ccccc12. The Labute approximate surface area is 193 Å². The molecule has 0 amide bonds. The van der Waals surface area contributed by atoms with Crippen molar-refractivity contribution in [2.24, 2.45) is 5.92 Å². The number of benzene rings is 2. The smallest absolute Gasteiger partial charge is 0.387 e. The predicted octanol–water partition coefficient (Wildman–Crippen LogP) is 5.06. The number of halogens is 2. The van der Waals surface area contributed by atoms with Gasteiger partial charge in [-0.25, -0.2) is 4.98 Å². The molecule has 0 unspecified atom stereocenters. The van der Waals surface area contributed by atoms with Gasteiger partial charge < -0.3 is 20.3 Å². The van der Waals surface area contributed by atoms with Crippen molar-refractivity contribution in [2.45, 2.75) is 44.9 Å². The van der Waals surface area contributed by atoms with Gasteiger partial charge in [0.2, 0.25) is 5.95 Å². The Morgan fingerprint density at radius 3 is 2.48 bits per heavy atom. The molecular weight excluding hydrogens is 424 g/mol. The molecule has 4 rings (SSSR count). The lowest BCUT2D eigenvalue weighted by Gasteiger charge is -2.29. The van der Waals surface area contributed by atoms with E-state index in [-0.39, 0.29) is 5.75 Å². The number of rotatable bonds is 9. The van der Waals surface area contributed by atoms with Crippen LogP contribution in [-0.2, 0) is 6.54 Å². The van der Waals surface area contributed by atoms with Crippen molar-refractivity contribution < 1.29 is 13.5 Å². The molecule has 1 fully saturated rings. The molecule has 0 radical (unpaired) electrons. The summed E-state index contributed by atoms with van der Waals surface area (Å²) >= 11 is 0. The lowest BCUT2D eigenvalue weighted by atomic mass is 9.86. The topological polar surface area (TPSA) is 62.3 Å². The number of aromatic nitrogens is 2. The van der Waals surface area contributed by atoms with Crippen LogP contribution in [0, 0.1) is 5.92 Å². The first-order chi connectivity index (χ1) is 16.0. The molecule has 1 aliphatic carbocycles. The van der Waals surface area contributed by atoms with Crippen LogP contribution in [0.2, 0.25) is 0 Å². The van der Waals surface area contributed by atoms with Crippen LogP contribution >= 0.6 is 0 Å². The molecule has 6 nitrogen and oxygen atoms in total. The minimum Gasteiger partial charge on any atom is -0.434 e. The summed E-state index contributed by atoms with van der Waals surface area (Å²) in [5.74, 6) is 2.38. The first kappa shape index (κ1) is 23.2. The molecule has 1 saturated carbocycles. The van der Waals surface area contributed by atoms with Crippen molar-refractivity contribution in [3.8, 4) is 5.75 Å². The van der Waals surface area contributed by atoms with Gasteiger partial charge in [0.1, 0.15) is 11.6 Å². The Morgan fingerprint density at radius 2 is 1.73 bits per heavy atom. The van der Waals surface area contributed by atoms with Crippen LogP contribution in [0.4, 0.5) is 20.5 Å². The maximum Gasteiger partial charge on any atom is 0.387 e. The fourth-order valence-corrected chi connectivity index (χ4v) is 4.43. The number of nitrogens with one attached hydrogen (secondary N) is 2. The number of fused-ring (bicyclic) bond motifs is 1. The molecule has 176 valence electrons. The summed E-state index contributed by atoms with van der Waals surface area (Å²) in [5.41, 5.74) is 1.69. The van der Waals surface area contributed by atoms with Gasteiger partial charge in [-0.3, -0.25) is 0 Å². The summed E-state index contributed by atoms with van der Waals surface area (Å²) in [5, 5.41) is 8.00. The van der Waals surface area contributed by atoms with E-state index in [0.717, 1.165) is 54.5 Å². The van der Waals surface area contributed by atoms with Crippen molar-refractivity contribution in [2.75, 3.05) is 30.9 Å². The van der Waals surface area contributed by atoms with Crippen molar-refractivity contribution in [3.05, 3.63) is 54.1 Å². The molecule has 1 aliphatic rings. The summed E-state index contributed by atoms with van der Waals surface area (Å²) in [4.78, 5) is 11.5. The normalized spacial score (nSPS) is 18.5. The number of ether oxygens (including phenoxy) is 1. The molecule has 0 spiro atoms. The number of nitrogens with zero attached hydrogens (tertiary/aromatic N) is 3. The van der Waals surface area contributed by atoms with Crippen LogP contribution in [0.3, 0.4) is 0 Å². The lowest BCUT2D eigenvalue weighted by Crippen LogP contribution is -2.31. The minimum atomic E-state index is -2.81. The zero-order valence-corrected chi connectivity index (χ0v) is 19.1. The van der Waals surface area contributed by atoms with Crippen LogP contribution < -0.4 is 20.3 Å². The number of anilines is 2. The Balaban J connectivity index is 1.28. The summed E-state index contributed by atoms with van der Waals surface area (Å²) < 4.78 is 29.8. The van der Waals surface area contributed by atoms with Crippen molar-refractivity contribution in [1.29, 1.82) is 0 Å². The van der Waals surface area contributed by atoms with Crippen molar-refractivity contribution in [1.82, 2.24) is 15.3 Å². The molecule has 33 heavy (non-hydrogen) atoms. The monoisotopic (exact) mass is 455 g/mol. The highest BCUT2D eigenvalue weighted by atomic mass is 19.3. The van der Waals surface area contributed by atoms with Gasteiger partial charge in [0.05, 0.1) is 5.52 Å². The third-order valence-corrected chi connectivity index (χ3v) is 6.12. The van der Waals surface area contributed by atoms with Crippen molar-refractivity contribution in [3.63, 3.8) is 0 Å². The largest absolute Gasteiger partial charge is 0.434 e. The molecule has 1 aromatic heterocycles. The van der Waals surface area contributed by atoms with E-state index in [2.05, 4.69) is 15.4 Å². The molecule has 0 aliphatic heterocycles. The predicted molar refractivity (Wildman–Crippen MR) is 128 cm³/mol. The number of hydrogen-bond acceptors (Lipinski definition) is 6. The van der Waals surface area contributed by atoms with E-state index in [0.29, 0.717) is 24.5 Å². The minimum absolute atomic E-state index is 0.236. The third-order valence-electron chi connectivity index (χ3n) is 6.12. The van der Waals surface area contributed by atoms with E-state index in [1.807, 2.05) is 55.4 Å². The Hall–Kier alpha value is -3.00. The molecular formula is C25H31F2N5O. The van der Waals surface area contributed by atoms with Gasteiger partial charge >= 0.3 is 6.61 Å². The van der Waals surface area contributed by atoms with E-state index in [1.54, 1.807) is 12.1 Å². The van der Waals surface area contributed by atoms with Crippen LogP contribution in [0.25, 0.3) is 10.9 Å². The molecule has 0 saturated heterocycles. The summed E-state index contributed by atoms with van der Waals surface area (Å²) in [6, 6.07) is 15.3. The Morgan fingerprint density at radius 1 is 1.00 bits per heavy atom. The molecule has 0 bridgehead atoms. The fourth-order valence-electron chi connectivity index (χ4n) is 4.43. The Kier molecular flexibility index (Phi) is 7.54. The van der Waals surface area contributed by atoms with E-state index >= 15 is 0 Å². The van der Waals surface area contributed by atoms with Crippen LogP contribution in [0.5, 0.6) is 5.75 Å². The van der Waals surface area contributed by atoms with Gasteiger partial charge in [-0.2, -0.15) is 13.8 Å². The zero-order valence-electron chi connectivity index (χ0n) is 19.1. The maximum atomic E-state index is 12.6. The first-order valence-electron chi connectivity index (χ1n) is 11.4. The molecule has 1 heterocycles. The highest BCUT2D eigenvalue weighted by molar-refractivity contribution is 5.90. The number of hydrogen-bond donors (Lipinski definition) is 2. The van der Waals surface area contributed by atoms with E-state index in [1.165, 1.54) is 0 Å². The second-order valence-corrected chi connectivity index (χ2v) is 8.76. The highest BCUT2D eigenvalue weighted by Crippen LogP contribution is 2.28. The average Bonchev–Trinajstić information content (AvgIpc) is 2.80. The van der Waals surface area contributed by atoms with Gasteiger partial charge in [0.15, 0.2) is 0 Å². The summed E-state index contributed by atoms with van der Waals surface area (Å²) in [6.07, 6.45) is 4.28. The zero-order chi connectivity index (χ0) is 23.2. The second-order valence-electron chi connectivity index (χ2n) is 8.76. The lowest BCUT2D eigenvalue weighted by molar-refractivity contribution is -0.0505. The van der Waals surface area contributed by atoms with Gasteiger partial charge in [0.25, 0.3) is 0 Å². The average molecular weight is 456 g/mol. The van der Waals surface area contributed by atoms with Crippen LogP contribution in [0.15, 0.2) is 48.5 Å². The quantitative estimate of drug-likeness (QED) is 0.470. The maximum absolute atomic E-state index is 12.6. The van der Waals surface area contributed by atoms with Gasteiger partial charge in [-0.15, -0.1) is 0 Å². The third kappa shape index (κ3) is 6.07. The molecule has 2 aromatic carbocycles. The summed E-state index contributed by atoms with van der Waals surface area (Å²) in [6.45, 7) is -1.44. The fraction of sp³-hybridized carbons (Fsp3) is 0.440. The van der Waals surface area contributed by atoms with Crippen molar-refractivity contribution >= 4 is 22.7 Å². The van der Waals surface area contributed by atoms with Crippen LogP contribution in [0.1, 0.15) is 31.2 Å². The van der Waals surface area contributed by atoms with Gasteiger partial charge in [0, 0.05) is 37.6 Å². The van der Waals surface area contributed by atoms with Gasteiger partial charge in [-0.05, 0) is 56.3 Å². The first-order valence-corrected chi connectivity index (χ1v) is 11.4. The van der Waals surface area contributed by atoms with E-state index < -0.39 is 6.61 Å². The highest BCUT2D eigenvalue weighted by Gasteiger charge is 2.22. The Bertz CT molecular complexity index is 1050. The second kappa shape index (κ2) is 10.7. The number of alkyl halides is 2. The summed E-state index contributed by atoms with van der Waals surface area (Å²) in [7, 11) is 3.99. The molecule has 3 aromatic rings. The van der Waals surface area contributed by atoms with Crippen LogP contribution in [-0.4, -0.2) is 43.3 Å². The van der Waals surface area contributed by atoms with E-state index in [4.69, 9.17) is 9.97 Å².